The van der Waals surface area contributed by atoms with Crippen LogP contribution in [-0.2, 0) is 9.53 Å². The van der Waals surface area contributed by atoms with E-state index in [4.69, 9.17) is 9.47 Å². The van der Waals surface area contributed by atoms with Crippen LogP contribution in [0.3, 0.4) is 0 Å². The van der Waals surface area contributed by atoms with Gasteiger partial charge >= 0.3 is 5.97 Å². The maximum absolute atomic E-state index is 12.0. The average Bonchev–Trinajstić information content (AvgIpc) is 3.05. The van der Waals surface area contributed by atoms with Crippen molar-refractivity contribution < 1.29 is 14.3 Å². The number of cyclic esters (lactones) is 1. The third-order valence-electron chi connectivity index (χ3n) is 3.80. The summed E-state index contributed by atoms with van der Waals surface area (Å²) in [6.07, 6.45) is 1.70. The zero-order chi connectivity index (χ0) is 17.8. The topological polar surface area (TPSA) is 47.9 Å². The third kappa shape index (κ3) is 3.54. The van der Waals surface area contributed by atoms with E-state index in [0.29, 0.717) is 5.90 Å². The minimum atomic E-state index is -0.450. The highest BCUT2D eigenvalue weighted by Crippen LogP contribution is 2.23. The number of rotatable bonds is 4. The van der Waals surface area contributed by atoms with Crippen LogP contribution in [-0.4, -0.2) is 11.9 Å². The Hall–Kier alpha value is -3.66. The second-order valence-corrected chi connectivity index (χ2v) is 5.69. The number of carbonyl (C=O) groups excluding carboxylic acids is 1. The fraction of sp³-hybridized carbons (Fsp3) is 0. The van der Waals surface area contributed by atoms with Gasteiger partial charge in [-0.2, -0.15) is 0 Å². The van der Waals surface area contributed by atoms with E-state index in [0.717, 1.165) is 22.6 Å². The van der Waals surface area contributed by atoms with Gasteiger partial charge in [-0.15, -0.1) is 0 Å². The molecule has 0 unspecified atom stereocenters. The van der Waals surface area contributed by atoms with Gasteiger partial charge in [-0.1, -0.05) is 48.5 Å². The molecule has 0 aromatic heterocycles. The molecule has 1 heterocycles. The summed E-state index contributed by atoms with van der Waals surface area (Å²) in [6.45, 7) is 0. The summed E-state index contributed by atoms with van der Waals surface area (Å²) >= 11 is 0. The molecule has 4 nitrogen and oxygen atoms in total. The lowest BCUT2D eigenvalue weighted by Gasteiger charge is -2.05. The van der Waals surface area contributed by atoms with Crippen molar-refractivity contribution in [2.75, 3.05) is 0 Å². The molecule has 126 valence electrons. The second kappa shape index (κ2) is 7.07. The molecule has 3 aromatic rings. The Kier molecular flexibility index (Phi) is 4.31. The van der Waals surface area contributed by atoms with Gasteiger partial charge in [0.15, 0.2) is 5.70 Å². The number of benzene rings is 3. The van der Waals surface area contributed by atoms with Crippen LogP contribution in [0, 0.1) is 0 Å². The first-order valence-corrected chi connectivity index (χ1v) is 8.19. The van der Waals surface area contributed by atoms with Crippen molar-refractivity contribution in [1.29, 1.82) is 0 Å². The van der Waals surface area contributed by atoms with E-state index < -0.39 is 5.97 Å². The number of esters is 1. The quantitative estimate of drug-likeness (QED) is 0.505. The van der Waals surface area contributed by atoms with Crippen molar-refractivity contribution in [3.05, 3.63) is 102 Å². The van der Waals surface area contributed by atoms with Crippen LogP contribution in [0.5, 0.6) is 11.5 Å². The zero-order valence-corrected chi connectivity index (χ0v) is 13.8. The Morgan fingerprint density at radius 2 is 1.38 bits per heavy atom. The van der Waals surface area contributed by atoms with Gasteiger partial charge in [0.2, 0.25) is 5.90 Å². The Morgan fingerprint density at radius 3 is 2.08 bits per heavy atom. The zero-order valence-electron chi connectivity index (χ0n) is 13.8. The molecule has 0 aliphatic carbocycles. The lowest BCUT2D eigenvalue weighted by Crippen LogP contribution is -2.04. The molecular formula is C22H15NO3. The van der Waals surface area contributed by atoms with E-state index in [2.05, 4.69) is 4.99 Å². The van der Waals surface area contributed by atoms with Crippen LogP contribution in [0.1, 0.15) is 11.1 Å². The van der Waals surface area contributed by atoms with E-state index in [-0.39, 0.29) is 5.70 Å². The number of para-hydroxylation sites is 1. The lowest BCUT2D eigenvalue weighted by molar-refractivity contribution is -0.129. The first-order chi connectivity index (χ1) is 12.8. The van der Waals surface area contributed by atoms with Gasteiger partial charge in [-0.25, -0.2) is 9.79 Å². The standard InChI is InChI=1S/C22H15NO3/c24-22-20(23-21(26-22)17-7-3-1-4-8-17)15-16-11-13-19(14-12-16)25-18-9-5-2-6-10-18/h1-15H. The highest BCUT2D eigenvalue weighted by molar-refractivity contribution is 6.12. The molecule has 1 aliphatic heterocycles. The smallest absolute Gasteiger partial charge is 0.363 e. The molecule has 0 spiro atoms. The first kappa shape index (κ1) is 15.8. The summed E-state index contributed by atoms with van der Waals surface area (Å²) in [4.78, 5) is 16.3. The van der Waals surface area contributed by atoms with Crippen molar-refractivity contribution in [3.8, 4) is 11.5 Å². The highest BCUT2D eigenvalue weighted by atomic mass is 16.6. The number of hydrogen-bond acceptors (Lipinski definition) is 4. The van der Waals surface area contributed by atoms with E-state index in [1.807, 2.05) is 84.9 Å². The Morgan fingerprint density at radius 1 is 0.769 bits per heavy atom. The summed E-state index contributed by atoms with van der Waals surface area (Å²) in [7, 11) is 0. The van der Waals surface area contributed by atoms with Crippen LogP contribution in [0.25, 0.3) is 6.08 Å². The van der Waals surface area contributed by atoms with Gasteiger partial charge in [0, 0.05) is 5.56 Å². The van der Waals surface area contributed by atoms with E-state index in [9.17, 15) is 4.79 Å². The summed E-state index contributed by atoms with van der Waals surface area (Å²) in [5.41, 5.74) is 1.90. The van der Waals surface area contributed by atoms with Crippen LogP contribution < -0.4 is 4.74 Å². The molecule has 0 N–H and O–H groups in total. The maximum Gasteiger partial charge on any atom is 0.363 e. The minimum absolute atomic E-state index is 0.278. The molecule has 0 radical (unpaired) electrons. The summed E-state index contributed by atoms with van der Waals surface area (Å²) in [5, 5.41) is 0. The van der Waals surface area contributed by atoms with Gasteiger partial charge in [0.05, 0.1) is 0 Å². The average molecular weight is 341 g/mol. The molecular weight excluding hydrogens is 326 g/mol. The predicted molar refractivity (Wildman–Crippen MR) is 100 cm³/mol. The molecule has 0 saturated heterocycles. The van der Waals surface area contributed by atoms with Crippen molar-refractivity contribution in [1.82, 2.24) is 0 Å². The van der Waals surface area contributed by atoms with Crippen molar-refractivity contribution in [2.24, 2.45) is 4.99 Å². The molecule has 1 aliphatic rings. The number of nitrogens with zero attached hydrogens (tertiary/aromatic N) is 1. The summed E-state index contributed by atoms with van der Waals surface area (Å²) in [6, 6.07) is 26.3. The molecule has 0 saturated carbocycles. The van der Waals surface area contributed by atoms with Gasteiger partial charge < -0.3 is 9.47 Å². The maximum atomic E-state index is 12.0. The highest BCUT2D eigenvalue weighted by Gasteiger charge is 2.23. The van der Waals surface area contributed by atoms with Crippen LogP contribution in [0.4, 0.5) is 0 Å². The molecule has 3 aromatic carbocycles. The first-order valence-electron chi connectivity index (χ1n) is 8.19. The second-order valence-electron chi connectivity index (χ2n) is 5.69. The minimum Gasteiger partial charge on any atom is -0.457 e. The fourth-order valence-corrected chi connectivity index (χ4v) is 2.53. The normalized spacial score (nSPS) is 14.8. The number of hydrogen-bond donors (Lipinski definition) is 0. The van der Waals surface area contributed by atoms with E-state index in [1.54, 1.807) is 6.08 Å². The number of aliphatic imine (C=N–C) groups is 1. The molecule has 0 atom stereocenters. The van der Waals surface area contributed by atoms with E-state index >= 15 is 0 Å². The number of carbonyl (C=O) groups is 1. The molecule has 4 rings (SSSR count). The van der Waals surface area contributed by atoms with E-state index in [1.165, 1.54) is 0 Å². The SMILES string of the molecule is O=C1OC(c2ccccc2)=NC1=Cc1ccc(Oc2ccccc2)cc1. The Bertz CT molecular complexity index is 975. The van der Waals surface area contributed by atoms with Crippen LogP contribution in [0.2, 0.25) is 0 Å². The van der Waals surface area contributed by atoms with Crippen LogP contribution in [0.15, 0.2) is 95.6 Å². The van der Waals surface area contributed by atoms with Crippen molar-refractivity contribution in [3.63, 3.8) is 0 Å². The molecule has 0 fully saturated rings. The fourth-order valence-electron chi connectivity index (χ4n) is 2.53. The molecule has 4 heteroatoms. The Labute approximate surface area is 151 Å². The van der Waals surface area contributed by atoms with Gasteiger partial charge in [0.1, 0.15) is 11.5 Å². The molecule has 0 amide bonds. The van der Waals surface area contributed by atoms with Gasteiger partial charge in [-0.05, 0) is 48.0 Å². The van der Waals surface area contributed by atoms with Crippen molar-refractivity contribution >= 4 is 17.9 Å². The monoisotopic (exact) mass is 341 g/mol. The number of ether oxygens (including phenoxy) is 2. The van der Waals surface area contributed by atoms with Crippen LogP contribution >= 0.6 is 0 Å². The third-order valence-corrected chi connectivity index (χ3v) is 3.80. The summed E-state index contributed by atoms with van der Waals surface area (Å²) < 4.78 is 11.0. The Balaban J connectivity index is 1.53. The molecule has 0 bridgehead atoms. The molecule has 26 heavy (non-hydrogen) atoms. The van der Waals surface area contributed by atoms with Crippen molar-refractivity contribution in [2.45, 2.75) is 0 Å². The van der Waals surface area contributed by atoms with Gasteiger partial charge in [-0.3, -0.25) is 0 Å². The lowest BCUT2D eigenvalue weighted by atomic mass is 10.2. The predicted octanol–water partition coefficient (Wildman–Crippen LogP) is 4.82. The summed E-state index contributed by atoms with van der Waals surface area (Å²) in [5.74, 6) is 1.37. The van der Waals surface area contributed by atoms with Gasteiger partial charge in [0.25, 0.3) is 0 Å². The largest absolute Gasteiger partial charge is 0.457 e.